The van der Waals surface area contributed by atoms with Crippen molar-refractivity contribution in [1.29, 1.82) is 0 Å². The van der Waals surface area contributed by atoms with Gasteiger partial charge in [0.15, 0.2) is 0 Å². The summed E-state index contributed by atoms with van der Waals surface area (Å²) >= 11 is 12.2. The average molecular weight is 355 g/mol. The van der Waals surface area contributed by atoms with Crippen LogP contribution < -0.4 is 0 Å². The van der Waals surface area contributed by atoms with E-state index in [1.165, 1.54) is 19.3 Å². The van der Waals surface area contributed by atoms with E-state index >= 15 is 0 Å². The Bertz CT molecular complexity index is 550. The minimum absolute atomic E-state index is 0.279. The van der Waals surface area contributed by atoms with Gasteiger partial charge in [-0.25, -0.2) is 0 Å². The maximum absolute atomic E-state index is 12.6. The van der Waals surface area contributed by atoms with Crippen LogP contribution in [0.1, 0.15) is 37.7 Å². The molecule has 23 heavy (non-hydrogen) atoms. The van der Waals surface area contributed by atoms with Crippen molar-refractivity contribution in [2.24, 2.45) is 5.92 Å². The summed E-state index contributed by atoms with van der Waals surface area (Å²) in [4.78, 5) is 17.0. The minimum Gasteiger partial charge on any atom is -0.340 e. The molecule has 0 spiro atoms. The third kappa shape index (κ3) is 4.40. The molecule has 3 rings (SSSR count). The lowest BCUT2D eigenvalue weighted by Gasteiger charge is -2.37. The fraction of sp³-hybridized carbons (Fsp3) is 0.611. The number of rotatable bonds is 3. The highest BCUT2D eigenvalue weighted by Gasteiger charge is 2.28. The van der Waals surface area contributed by atoms with Crippen LogP contribution in [0.4, 0.5) is 0 Å². The lowest BCUT2D eigenvalue weighted by molar-refractivity contribution is -0.138. The first-order valence-corrected chi connectivity index (χ1v) is 9.34. The number of amides is 1. The van der Waals surface area contributed by atoms with E-state index in [-0.39, 0.29) is 5.92 Å². The zero-order chi connectivity index (χ0) is 16.2. The average Bonchev–Trinajstić information content (AvgIpc) is 2.58. The summed E-state index contributed by atoms with van der Waals surface area (Å²) in [6, 6.07) is 5.66. The Hall–Kier alpha value is -0.770. The summed E-state index contributed by atoms with van der Waals surface area (Å²) in [5.41, 5.74) is 1.10. The summed E-state index contributed by atoms with van der Waals surface area (Å²) in [6.45, 7) is 4.32. The molecule has 1 heterocycles. The predicted molar refractivity (Wildman–Crippen MR) is 94.9 cm³/mol. The molecule has 0 N–H and O–H groups in total. The van der Waals surface area contributed by atoms with E-state index in [0.717, 1.165) is 56.2 Å². The number of piperazine rings is 1. The van der Waals surface area contributed by atoms with Gasteiger partial charge in [-0.1, -0.05) is 48.5 Å². The van der Waals surface area contributed by atoms with Crippen molar-refractivity contribution in [1.82, 2.24) is 9.80 Å². The van der Waals surface area contributed by atoms with E-state index in [0.29, 0.717) is 10.9 Å². The number of hydrogen-bond donors (Lipinski definition) is 0. The molecule has 0 aromatic heterocycles. The molecule has 0 bridgehead atoms. The molecule has 1 saturated carbocycles. The Kier molecular flexibility index (Phi) is 5.84. The van der Waals surface area contributed by atoms with E-state index in [1.54, 1.807) is 6.07 Å². The molecule has 1 aliphatic carbocycles. The van der Waals surface area contributed by atoms with Crippen LogP contribution in [0.15, 0.2) is 18.2 Å². The second kappa shape index (κ2) is 7.87. The Morgan fingerprint density at radius 1 is 1.04 bits per heavy atom. The minimum atomic E-state index is 0.279. The van der Waals surface area contributed by atoms with Gasteiger partial charge < -0.3 is 4.90 Å². The van der Waals surface area contributed by atoms with E-state index < -0.39 is 0 Å². The van der Waals surface area contributed by atoms with Gasteiger partial charge in [0.2, 0.25) is 5.91 Å². The first-order valence-electron chi connectivity index (χ1n) is 8.58. The molecule has 3 nitrogen and oxygen atoms in total. The van der Waals surface area contributed by atoms with E-state index in [4.69, 9.17) is 23.2 Å². The fourth-order valence-electron chi connectivity index (χ4n) is 3.62. The van der Waals surface area contributed by atoms with Crippen LogP contribution in [-0.4, -0.2) is 41.9 Å². The molecular formula is C18H24Cl2N2O. The molecule has 0 radical (unpaired) electrons. The standard InChI is InChI=1S/C18H24Cl2N2O/c19-16-7-6-15(17(20)12-16)13-21-8-10-22(11-9-21)18(23)14-4-2-1-3-5-14/h6-7,12,14H,1-5,8-11,13H2. The van der Waals surface area contributed by atoms with Crippen molar-refractivity contribution in [3.8, 4) is 0 Å². The van der Waals surface area contributed by atoms with Gasteiger partial charge in [-0.3, -0.25) is 9.69 Å². The molecule has 5 heteroatoms. The van der Waals surface area contributed by atoms with Crippen LogP contribution >= 0.6 is 23.2 Å². The molecule has 2 aliphatic rings. The summed E-state index contributed by atoms with van der Waals surface area (Å²) < 4.78 is 0. The molecule has 0 atom stereocenters. The smallest absolute Gasteiger partial charge is 0.225 e. The van der Waals surface area contributed by atoms with Crippen molar-refractivity contribution < 1.29 is 4.79 Å². The third-order valence-corrected chi connectivity index (χ3v) is 5.63. The molecule has 1 aromatic rings. The Labute approximate surface area is 148 Å². The van der Waals surface area contributed by atoms with Gasteiger partial charge in [-0.2, -0.15) is 0 Å². The number of nitrogens with zero attached hydrogens (tertiary/aromatic N) is 2. The maximum Gasteiger partial charge on any atom is 0.225 e. The van der Waals surface area contributed by atoms with Gasteiger partial charge in [0.05, 0.1) is 0 Å². The van der Waals surface area contributed by atoms with Crippen molar-refractivity contribution in [2.45, 2.75) is 38.6 Å². The number of hydrogen-bond acceptors (Lipinski definition) is 2. The molecule has 126 valence electrons. The topological polar surface area (TPSA) is 23.6 Å². The second-order valence-corrected chi connectivity index (χ2v) is 7.52. The van der Waals surface area contributed by atoms with Crippen LogP contribution in [0.2, 0.25) is 10.0 Å². The van der Waals surface area contributed by atoms with Gasteiger partial charge in [0, 0.05) is 48.7 Å². The number of benzene rings is 1. The Balaban J connectivity index is 1.51. The second-order valence-electron chi connectivity index (χ2n) is 6.67. The van der Waals surface area contributed by atoms with Crippen molar-refractivity contribution in [3.05, 3.63) is 33.8 Å². The first kappa shape index (κ1) is 17.1. The van der Waals surface area contributed by atoms with Crippen LogP contribution in [0.3, 0.4) is 0 Å². The van der Waals surface area contributed by atoms with Crippen molar-refractivity contribution in [2.75, 3.05) is 26.2 Å². The molecule has 1 saturated heterocycles. The van der Waals surface area contributed by atoms with Gasteiger partial charge in [0.25, 0.3) is 0 Å². The van der Waals surface area contributed by atoms with Crippen LogP contribution in [0.25, 0.3) is 0 Å². The van der Waals surface area contributed by atoms with Gasteiger partial charge in [-0.15, -0.1) is 0 Å². The van der Waals surface area contributed by atoms with Crippen molar-refractivity contribution in [3.63, 3.8) is 0 Å². The predicted octanol–water partition coefficient (Wildman–Crippen LogP) is 4.22. The number of carbonyl (C=O) groups is 1. The Morgan fingerprint density at radius 2 is 1.74 bits per heavy atom. The van der Waals surface area contributed by atoms with E-state index in [2.05, 4.69) is 9.80 Å². The van der Waals surface area contributed by atoms with Gasteiger partial charge in [0.1, 0.15) is 0 Å². The molecule has 1 amide bonds. The highest BCUT2D eigenvalue weighted by Crippen LogP contribution is 2.26. The normalized spacial score (nSPS) is 20.7. The van der Waals surface area contributed by atoms with Gasteiger partial charge >= 0.3 is 0 Å². The summed E-state index contributed by atoms with van der Waals surface area (Å²) in [7, 11) is 0. The zero-order valence-corrected chi connectivity index (χ0v) is 15.0. The van der Waals surface area contributed by atoms with Crippen molar-refractivity contribution >= 4 is 29.1 Å². The van der Waals surface area contributed by atoms with E-state index in [9.17, 15) is 4.79 Å². The molecular weight excluding hydrogens is 331 g/mol. The molecule has 1 aliphatic heterocycles. The van der Waals surface area contributed by atoms with Crippen LogP contribution in [0.5, 0.6) is 0 Å². The monoisotopic (exact) mass is 354 g/mol. The molecule has 0 unspecified atom stereocenters. The SMILES string of the molecule is O=C(C1CCCCC1)N1CCN(Cc2ccc(Cl)cc2Cl)CC1. The quantitative estimate of drug-likeness (QED) is 0.811. The lowest BCUT2D eigenvalue weighted by Crippen LogP contribution is -2.50. The van der Waals surface area contributed by atoms with E-state index in [1.807, 2.05) is 12.1 Å². The fourth-order valence-corrected chi connectivity index (χ4v) is 4.09. The van der Waals surface area contributed by atoms with Gasteiger partial charge in [-0.05, 0) is 30.5 Å². The summed E-state index contributed by atoms with van der Waals surface area (Å²) in [5.74, 6) is 0.662. The Morgan fingerprint density at radius 3 is 2.39 bits per heavy atom. The first-order chi connectivity index (χ1) is 11.1. The number of halogens is 2. The summed E-state index contributed by atoms with van der Waals surface area (Å²) in [6.07, 6.45) is 5.88. The van der Waals surface area contributed by atoms with Crippen LogP contribution in [-0.2, 0) is 11.3 Å². The zero-order valence-electron chi connectivity index (χ0n) is 13.4. The van der Waals surface area contributed by atoms with Crippen LogP contribution in [0, 0.1) is 5.92 Å². The highest BCUT2D eigenvalue weighted by atomic mass is 35.5. The highest BCUT2D eigenvalue weighted by molar-refractivity contribution is 6.35. The molecule has 1 aromatic carbocycles. The number of carbonyl (C=O) groups excluding carboxylic acids is 1. The maximum atomic E-state index is 12.6. The lowest BCUT2D eigenvalue weighted by atomic mass is 9.88. The summed E-state index contributed by atoms with van der Waals surface area (Å²) in [5, 5.41) is 1.39. The largest absolute Gasteiger partial charge is 0.340 e. The third-order valence-electron chi connectivity index (χ3n) is 5.05. The molecule has 2 fully saturated rings.